The topological polar surface area (TPSA) is 61.8 Å². The average molecular weight is 255 g/mol. The first kappa shape index (κ1) is 12.7. The third kappa shape index (κ3) is 2.51. The van der Waals surface area contributed by atoms with Gasteiger partial charge in [0.1, 0.15) is 0 Å². The van der Waals surface area contributed by atoms with E-state index in [9.17, 15) is 0 Å². The Kier molecular flexibility index (Phi) is 3.08. The first-order valence-corrected chi connectivity index (χ1v) is 7.12. The minimum absolute atomic E-state index is 0.0554. The second kappa shape index (κ2) is 4.63. The highest BCUT2D eigenvalue weighted by Gasteiger charge is 2.47. The fourth-order valence-electron chi connectivity index (χ4n) is 3.85. The Bertz CT molecular complexity index is 494. The van der Waals surface area contributed by atoms with Gasteiger partial charge in [0.25, 0.3) is 0 Å². The number of rotatable bonds is 2. The van der Waals surface area contributed by atoms with Crippen molar-refractivity contribution in [3.63, 3.8) is 0 Å². The number of hydrogen-bond donors (Lipinski definition) is 2. The predicted molar refractivity (Wildman–Crippen MR) is 75.6 cm³/mol. The van der Waals surface area contributed by atoms with Gasteiger partial charge in [-0.05, 0) is 61.8 Å². The normalized spacial score (nSPS) is 33.7. The van der Waals surface area contributed by atoms with Crippen LogP contribution in [0.4, 0.5) is 0 Å². The van der Waals surface area contributed by atoms with Crippen molar-refractivity contribution < 1.29 is 0 Å². The predicted octanol–water partition coefficient (Wildman–Crippen LogP) is 1.96. The molecule has 1 aromatic carbocycles. The van der Waals surface area contributed by atoms with Crippen molar-refractivity contribution in [2.24, 2.45) is 11.1 Å². The molecular formula is C16H21N3. The van der Waals surface area contributed by atoms with E-state index < -0.39 is 0 Å². The molecule has 2 fully saturated rings. The summed E-state index contributed by atoms with van der Waals surface area (Å²) in [5, 5.41) is 12.3. The number of nitriles is 1. The standard InChI is InChI=1S/C16H21N3/c17-10-14-3-1-13(2-4-14)9-16(18)6-5-15(11-16)7-8-19-12-15/h1-4,19H,5-9,11-12,18H2. The molecule has 0 radical (unpaired) electrons. The second-order valence-electron chi connectivity index (χ2n) is 6.45. The fourth-order valence-corrected chi connectivity index (χ4v) is 3.85. The molecule has 1 aromatic rings. The Morgan fingerprint density at radius 3 is 2.63 bits per heavy atom. The van der Waals surface area contributed by atoms with Gasteiger partial charge in [0.05, 0.1) is 11.6 Å². The highest BCUT2D eigenvalue weighted by atomic mass is 14.9. The van der Waals surface area contributed by atoms with E-state index in [2.05, 4.69) is 11.4 Å². The molecular weight excluding hydrogens is 234 g/mol. The first-order valence-electron chi connectivity index (χ1n) is 7.12. The summed E-state index contributed by atoms with van der Waals surface area (Å²) in [5.41, 5.74) is 9.00. The van der Waals surface area contributed by atoms with Crippen LogP contribution in [0.1, 0.15) is 36.8 Å². The number of nitrogens with zero attached hydrogens (tertiary/aromatic N) is 1. The van der Waals surface area contributed by atoms with Gasteiger partial charge in [0.2, 0.25) is 0 Å². The Morgan fingerprint density at radius 1 is 1.21 bits per heavy atom. The van der Waals surface area contributed by atoms with Gasteiger partial charge in [0, 0.05) is 12.1 Å². The van der Waals surface area contributed by atoms with Crippen LogP contribution in [0.15, 0.2) is 24.3 Å². The van der Waals surface area contributed by atoms with Crippen LogP contribution in [-0.4, -0.2) is 18.6 Å². The molecule has 2 aliphatic rings. The maximum Gasteiger partial charge on any atom is 0.0991 e. The van der Waals surface area contributed by atoms with Crippen LogP contribution >= 0.6 is 0 Å². The Hall–Kier alpha value is -1.37. The maximum absolute atomic E-state index is 8.82. The number of nitrogens with one attached hydrogen (secondary N) is 1. The number of hydrogen-bond acceptors (Lipinski definition) is 3. The van der Waals surface area contributed by atoms with Gasteiger partial charge in [-0.25, -0.2) is 0 Å². The zero-order valence-corrected chi connectivity index (χ0v) is 11.3. The highest BCUT2D eigenvalue weighted by molar-refractivity contribution is 5.32. The van der Waals surface area contributed by atoms with Crippen molar-refractivity contribution in [1.29, 1.82) is 5.26 Å². The van der Waals surface area contributed by atoms with Crippen molar-refractivity contribution in [3.05, 3.63) is 35.4 Å². The van der Waals surface area contributed by atoms with Gasteiger partial charge in [0.15, 0.2) is 0 Å². The van der Waals surface area contributed by atoms with Gasteiger partial charge < -0.3 is 11.1 Å². The number of nitrogens with two attached hydrogens (primary N) is 1. The molecule has 19 heavy (non-hydrogen) atoms. The largest absolute Gasteiger partial charge is 0.325 e. The van der Waals surface area contributed by atoms with Gasteiger partial charge in [-0.15, -0.1) is 0 Å². The molecule has 3 N–H and O–H groups in total. The van der Waals surface area contributed by atoms with Crippen LogP contribution in [0.25, 0.3) is 0 Å². The molecule has 0 bridgehead atoms. The van der Waals surface area contributed by atoms with E-state index in [1.54, 1.807) is 0 Å². The molecule has 3 rings (SSSR count). The summed E-state index contributed by atoms with van der Waals surface area (Å²) >= 11 is 0. The summed E-state index contributed by atoms with van der Waals surface area (Å²) in [6, 6.07) is 10.0. The summed E-state index contributed by atoms with van der Waals surface area (Å²) in [7, 11) is 0. The molecule has 1 aliphatic carbocycles. The van der Waals surface area contributed by atoms with Gasteiger partial charge in [-0.3, -0.25) is 0 Å². The minimum atomic E-state index is -0.0554. The zero-order valence-electron chi connectivity index (χ0n) is 11.3. The average Bonchev–Trinajstić information content (AvgIpc) is 2.99. The van der Waals surface area contributed by atoms with Crippen LogP contribution in [0.5, 0.6) is 0 Å². The van der Waals surface area contributed by atoms with Gasteiger partial charge >= 0.3 is 0 Å². The SMILES string of the molecule is N#Cc1ccc(CC2(N)CCC3(CCNC3)C2)cc1. The van der Waals surface area contributed by atoms with Gasteiger partial charge in [-0.1, -0.05) is 12.1 Å². The molecule has 1 saturated carbocycles. The Morgan fingerprint density at radius 2 is 2.00 bits per heavy atom. The van der Waals surface area contributed by atoms with E-state index in [1.807, 2.05) is 24.3 Å². The molecule has 1 heterocycles. The molecule has 1 saturated heterocycles. The lowest BCUT2D eigenvalue weighted by Gasteiger charge is -2.28. The monoisotopic (exact) mass is 255 g/mol. The molecule has 1 aliphatic heterocycles. The third-order valence-corrected chi connectivity index (χ3v) is 4.85. The quantitative estimate of drug-likeness (QED) is 0.849. The Balaban J connectivity index is 1.70. The van der Waals surface area contributed by atoms with E-state index in [4.69, 9.17) is 11.0 Å². The van der Waals surface area contributed by atoms with Crippen LogP contribution in [0.3, 0.4) is 0 Å². The maximum atomic E-state index is 8.82. The van der Waals surface area contributed by atoms with E-state index in [-0.39, 0.29) is 5.54 Å². The molecule has 1 spiro atoms. The van der Waals surface area contributed by atoms with E-state index in [1.165, 1.54) is 18.4 Å². The van der Waals surface area contributed by atoms with Crippen molar-refractivity contribution in [2.45, 2.75) is 37.6 Å². The first-order chi connectivity index (χ1) is 9.13. The van der Waals surface area contributed by atoms with Crippen molar-refractivity contribution >= 4 is 0 Å². The van der Waals surface area contributed by atoms with E-state index in [0.29, 0.717) is 5.41 Å². The van der Waals surface area contributed by atoms with E-state index in [0.717, 1.165) is 37.9 Å². The lowest BCUT2D eigenvalue weighted by molar-refractivity contribution is 0.301. The van der Waals surface area contributed by atoms with Crippen LogP contribution in [0, 0.1) is 16.7 Å². The van der Waals surface area contributed by atoms with Crippen molar-refractivity contribution in [3.8, 4) is 6.07 Å². The van der Waals surface area contributed by atoms with Gasteiger partial charge in [-0.2, -0.15) is 5.26 Å². The summed E-state index contributed by atoms with van der Waals surface area (Å²) in [4.78, 5) is 0. The summed E-state index contributed by atoms with van der Waals surface area (Å²) in [6.07, 6.45) is 5.72. The lowest BCUT2D eigenvalue weighted by atomic mass is 9.81. The van der Waals surface area contributed by atoms with Crippen LogP contribution in [0.2, 0.25) is 0 Å². The molecule has 100 valence electrons. The second-order valence-corrected chi connectivity index (χ2v) is 6.45. The molecule has 2 unspecified atom stereocenters. The highest BCUT2D eigenvalue weighted by Crippen LogP contribution is 2.47. The number of benzene rings is 1. The molecule has 2 atom stereocenters. The minimum Gasteiger partial charge on any atom is -0.325 e. The molecule has 3 nitrogen and oxygen atoms in total. The molecule has 3 heteroatoms. The zero-order chi connectivity index (χ0) is 13.3. The summed E-state index contributed by atoms with van der Waals surface area (Å²) in [6.45, 7) is 2.28. The van der Waals surface area contributed by atoms with Crippen molar-refractivity contribution in [2.75, 3.05) is 13.1 Å². The Labute approximate surface area is 114 Å². The van der Waals surface area contributed by atoms with Crippen LogP contribution in [-0.2, 0) is 6.42 Å². The van der Waals surface area contributed by atoms with Crippen LogP contribution < -0.4 is 11.1 Å². The van der Waals surface area contributed by atoms with E-state index >= 15 is 0 Å². The summed E-state index contributed by atoms with van der Waals surface area (Å²) < 4.78 is 0. The third-order valence-electron chi connectivity index (χ3n) is 4.85. The fraction of sp³-hybridized carbons (Fsp3) is 0.562. The lowest BCUT2D eigenvalue weighted by Crippen LogP contribution is -2.41. The van der Waals surface area contributed by atoms with Crippen molar-refractivity contribution in [1.82, 2.24) is 5.32 Å². The molecule has 0 aromatic heterocycles. The summed E-state index contributed by atoms with van der Waals surface area (Å²) in [5.74, 6) is 0. The molecule has 0 amide bonds. The smallest absolute Gasteiger partial charge is 0.0991 e.